The molecule has 108 valence electrons. The Morgan fingerprint density at radius 3 is 2.70 bits per heavy atom. The third-order valence-corrected chi connectivity index (χ3v) is 3.62. The second kappa shape index (κ2) is 6.60. The fraction of sp³-hybridized carbons (Fsp3) is 0.533. The normalized spacial score (nSPS) is 18.2. The molecule has 0 radical (unpaired) electrons. The van der Waals surface area contributed by atoms with Gasteiger partial charge in [-0.15, -0.1) is 0 Å². The standard InChI is InChI=1S/C15H20N2O3/c1-19-13-5-6-14(20-2)15-11(13)9-17(10-12(15)18)8-4-3-7-16/h5-6,12,18H,3-4,8-10H2,1-2H3. The van der Waals surface area contributed by atoms with Crippen molar-refractivity contribution in [2.24, 2.45) is 0 Å². The molecule has 0 saturated carbocycles. The van der Waals surface area contributed by atoms with E-state index in [2.05, 4.69) is 11.0 Å². The third kappa shape index (κ3) is 2.87. The van der Waals surface area contributed by atoms with Crippen LogP contribution in [0.4, 0.5) is 0 Å². The number of ether oxygens (including phenoxy) is 2. The third-order valence-electron chi connectivity index (χ3n) is 3.62. The van der Waals surface area contributed by atoms with Gasteiger partial charge in [0.15, 0.2) is 0 Å². The monoisotopic (exact) mass is 276 g/mol. The highest BCUT2D eigenvalue weighted by atomic mass is 16.5. The highest BCUT2D eigenvalue weighted by Gasteiger charge is 2.29. The zero-order chi connectivity index (χ0) is 14.5. The van der Waals surface area contributed by atoms with Gasteiger partial charge in [0.25, 0.3) is 0 Å². The van der Waals surface area contributed by atoms with Crippen LogP contribution in [0.25, 0.3) is 0 Å². The largest absolute Gasteiger partial charge is 0.496 e. The van der Waals surface area contributed by atoms with Gasteiger partial charge in [0, 0.05) is 30.6 Å². The van der Waals surface area contributed by atoms with E-state index in [1.165, 1.54) is 0 Å². The highest BCUT2D eigenvalue weighted by molar-refractivity contribution is 5.51. The van der Waals surface area contributed by atoms with Crippen molar-refractivity contribution in [2.45, 2.75) is 25.5 Å². The first-order chi connectivity index (χ1) is 9.71. The smallest absolute Gasteiger partial charge is 0.125 e. The first-order valence-corrected chi connectivity index (χ1v) is 6.72. The Balaban J connectivity index is 2.26. The van der Waals surface area contributed by atoms with Gasteiger partial charge in [0.1, 0.15) is 11.5 Å². The summed E-state index contributed by atoms with van der Waals surface area (Å²) in [6.45, 7) is 2.06. The lowest BCUT2D eigenvalue weighted by Gasteiger charge is -2.33. The summed E-state index contributed by atoms with van der Waals surface area (Å²) in [5.74, 6) is 1.47. The molecule has 20 heavy (non-hydrogen) atoms. The molecule has 1 aliphatic rings. The molecule has 0 amide bonds. The Morgan fingerprint density at radius 1 is 1.35 bits per heavy atom. The van der Waals surface area contributed by atoms with E-state index < -0.39 is 6.10 Å². The van der Waals surface area contributed by atoms with Crippen LogP contribution in [0.3, 0.4) is 0 Å². The van der Waals surface area contributed by atoms with Crippen molar-refractivity contribution in [1.82, 2.24) is 4.90 Å². The first kappa shape index (κ1) is 14.6. The molecule has 0 fully saturated rings. The molecule has 5 nitrogen and oxygen atoms in total. The van der Waals surface area contributed by atoms with Gasteiger partial charge in [-0.05, 0) is 25.1 Å². The van der Waals surface area contributed by atoms with Crippen molar-refractivity contribution in [3.63, 3.8) is 0 Å². The van der Waals surface area contributed by atoms with Crippen LogP contribution in [-0.2, 0) is 6.54 Å². The lowest BCUT2D eigenvalue weighted by atomic mass is 9.95. The molecule has 1 heterocycles. The molecule has 0 spiro atoms. The number of unbranched alkanes of at least 4 members (excludes halogenated alkanes) is 1. The van der Waals surface area contributed by atoms with Crippen LogP contribution in [0.15, 0.2) is 12.1 Å². The molecule has 0 saturated heterocycles. The minimum Gasteiger partial charge on any atom is -0.496 e. The van der Waals surface area contributed by atoms with Gasteiger partial charge in [0.05, 0.1) is 26.4 Å². The SMILES string of the molecule is COc1ccc(OC)c2c1CN(CCCC#N)CC2O. The van der Waals surface area contributed by atoms with Crippen molar-refractivity contribution < 1.29 is 14.6 Å². The summed E-state index contributed by atoms with van der Waals surface area (Å²) in [5, 5.41) is 19.0. The van der Waals surface area contributed by atoms with Gasteiger partial charge in [-0.25, -0.2) is 0 Å². The average molecular weight is 276 g/mol. The van der Waals surface area contributed by atoms with Gasteiger partial charge in [0.2, 0.25) is 0 Å². The summed E-state index contributed by atoms with van der Waals surface area (Å²) in [6, 6.07) is 5.83. The fourth-order valence-corrected chi connectivity index (χ4v) is 2.70. The molecule has 1 atom stereocenters. The molecule has 0 aliphatic carbocycles. The summed E-state index contributed by atoms with van der Waals surface area (Å²) < 4.78 is 10.7. The van der Waals surface area contributed by atoms with Crippen LogP contribution >= 0.6 is 0 Å². The number of hydrogen-bond donors (Lipinski definition) is 1. The molecule has 1 aliphatic heterocycles. The number of aliphatic hydroxyl groups is 1. The zero-order valence-electron chi connectivity index (χ0n) is 11.9. The number of aliphatic hydroxyl groups excluding tert-OH is 1. The number of nitriles is 1. The second-order valence-electron chi connectivity index (χ2n) is 4.87. The maximum Gasteiger partial charge on any atom is 0.125 e. The molecule has 1 aromatic rings. The summed E-state index contributed by atoms with van der Waals surface area (Å²) in [6.07, 6.45) is 0.755. The molecular weight excluding hydrogens is 256 g/mol. The van der Waals surface area contributed by atoms with E-state index in [4.69, 9.17) is 14.7 Å². The van der Waals surface area contributed by atoms with Gasteiger partial charge in [-0.3, -0.25) is 4.90 Å². The molecule has 2 rings (SSSR count). The lowest BCUT2D eigenvalue weighted by molar-refractivity contribution is 0.0880. The fourth-order valence-electron chi connectivity index (χ4n) is 2.70. The highest BCUT2D eigenvalue weighted by Crippen LogP contribution is 2.39. The molecular formula is C15H20N2O3. The molecule has 1 aromatic carbocycles. The van der Waals surface area contributed by atoms with Crippen LogP contribution in [0, 0.1) is 11.3 Å². The summed E-state index contributed by atoms with van der Waals surface area (Å²) >= 11 is 0. The van der Waals surface area contributed by atoms with Gasteiger partial charge in [-0.2, -0.15) is 5.26 Å². The predicted octanol–water partition coefficient (Wildman–Crippen LogP) is 1.86. The van der Waals surface area contributed by atoms with E-state index >= 15 is 0 Å². The van der Waals surface area contributed by atoms with Gasteiger partial charge in [-0.1, -0.05) is 0 Å². The number of benzene rings is 1. The number of hydrogen-bond acceptors (Lipinski definition) is 5. The Kier molecular flexibility index (Phi) is 4.83. The van der Waals surface area contributed by atoms with Crippen LogP contribution in [0.2, 0.25) is 0 Å². The van der Waals surface area contributed by atoms with E-state index in [0.717, 1.165) is 29.8 Å². The van der Waals surface area contributed by atoms with E-state index in [1.54, 1.807) is 14.2 Å². The minimum atomic E-state index is -0.592. The van der Waals surface area contributed by atoms with Crippen molar-refractivity contribution in [2.75, 3.05) is 27.3 Å². The summed E-state index contributed by atoms with van der Waals surface area (Å²) in [7, 11) is 3.23. The van der Waals surface area contributed by atoms with Crippen molar-refractivity contribution >= 4 is 0 Å². The molecule has 0 bridgehead atoms. The number of fused-ring (bicyclic) bond motifs is 1. The number of nitrogens with zero attached hydrogens (tertiary/aromatic N) is 2. The van der Waals surface area contributed by atoms with Crippen LogP contribution in [-0.4, -0.2) is 37.3 Å². The van der Waals surface area contributed by atoms with Gasteiger partial charge >= 0.3 is 0 Å². The topological polar surface area (TPSA) is 65.7 Å². The minimum absolute atomic E-state index is 0.536. The van der Waals surface area contributed by atoms with Crippen molar-refractivity contribution in [3.05, 3.63) is 23.3 Å². The van der Waals surface area contributed by atoms with Crippen LogP contribution < -0.4 is 9.47 Å². The van der Waals surface area contributed by atoms with Gasteiger partial charge < -0.3 is 14.6 Å². The van der Waals surface area contributed by atoms with E-state index in [0.29, 0.717) is 25.3 Å². The van der Waals surface area contributed by atoms with E-state index in [1.807, 2.05) is 12.1 Å². The Bertz CT molecular complexity index is 511. The number of β-amino-alcohol motifs (C(OH)–C–C–N with tert-alkyl or cyclic N) is 1. The molecule has 1 unspecified atom stereocenters. The van der Waals surface area contributed by atoms with Crippen molar-refractivity contribution in [1.29, 1.82) is 5.26 Å². The maximum absolute atomic E-state index is 10.4. The quantitative estimate of drug-likeness (QED) is 0.831. The molecule has 5 heteroatoms. The first-order valence-electron chi connectivity index (χ1n) is 6.72. The Hall–Kier alpha value is -1.77. The zero-order valence-corrected chi connectivity index (χ0v) is 11.9. The predicted molar refractivity (Wildman–Crippen MR) is 74.6 cm³/mol. The Morgan fingerprint density at radius 2 is 2.05 bits per heavy atom. The van der Waals surface area contributed by atoms with Crippen LogP contribution in [0.5, 0.6) is 11.5 Å². The van der Waals surface area contributed by atoms with E-state index in [-0.39, 0.29) is 0 Å². The van der Waals surface area contributed by atoms with Crippen molar-refractivity contribution in [3.8, 4) is 17.6 Å². The second-order valence-corrected chi connectivity index (χ2v) is 4.87. The molecule has 0 aromatic heterocycles. The maximum atomic E-state index is 10.4. The number of rotatable bonds is 5. The van der Waals surface area contributed by atoms with E-state index in [9.17, 15) is 5.11 Å². The molecule has 1 N–H and O–H groups in total. The van der Waals surface area contributed by atoms with Crippen LogP contribution in [0.1, 0.15) is 30.1 Å². The summed E-state index contributed by atoms with van der Waals surface area (Å²) in [4.78, 5) is 2.15. The average Bonchev–Trinajstić information content (AvgIpc) is 2.46. The number of methoxy groups -OCH3 is 2. The summed E-state index contributed by atoms with van der Waals surface area (Å²) in [5.41, 5.74) is 1.80. The lowest BCUT2D eigenvalue weighted by Crippen LogP contribution is -2.34. The Labute approximate surface area is 119 Å².